The van der Waals surface area contributed by atoms with Gasteiger partial charge in [-0.1, -0.05) is 79.6 Å². The highest BCUT2D eigenvalue weighted by atomic mass is 32.2. The van der Waals surface area contributed by atoms with Gasteiger partial charge in [-0.3, -0.25) is 4.72 Å². The second-order valence-corrected chi connectivity index (χ2v) is 13.2. The van der Waals surface area contributed by atoms with Crippen molar-refractivity contribution in [1.29, 1.82) is 0 Å². The molecular weight excluding hydrogens is 534 g/mol. The summed E-state index contributed by atoms with van der Waals surface area (Å²) in [7, 11) is -4.25. The van der Waals surface area contributed by atoms with Crippen molar-refractivity contribution >= 4 is 15.7 Å². The molecule has 6 rings (SSSR count). The van der Waals surface area contributed by atoms with Crippen LogP contribution in [0.25, 0.3) is 11.1 Å². The van der Waals surface area contributed by atoms with Crippen LogP contribution < -0.4 is 10.3 Å². The summed E-state index contributed by atoms with van der Waals surface area (Å²) in [5, 5.41) is 11.0. The van der Waals surface area contributed by atoms with Gasteiger partial charge in [-0.2, -0.15) is 0 Å². The highest BCUT2D eigenvalue weighted by Gasteiger charge is 2.39. The molecule has 6 nitrogen and oxygen atoms in total. The Kier molecular flexibility index (Phi) is 7.24. The van der Waals surface area contributed by atoms with Crippen LogP contribution in [0.4, 0.5) is 5.69 Å². The largest absolute Gasteiger partial charge is 0.505 e. The number of sulfonamides is 1. The summed E-state index contributed by atoms with van der Waals surface area (Å²) in [5.41, 5.74) is 2.98. The van der Waals surface area contributed by atoms with Crippen LogP contribution in [0.5, 0.6) is 5.75 Å². The minimum atomic E-state index is -4.25. The lowest BCUT2D eigenvalue weighted by atomic mass is 9.78. The Bertz CT molecular complexity index is 1720. The summed E-state index contributed by atoms with van der Waals surface area (Å²) in [4.78, 5) is 13.4. The van der Waals surface area contributed by atoms with E-state index in [1.165, 1.54) is 11.6 Å². The van der Waals surface area contributed by atoms with Crippen molar-refractivity contribution in [2.75, 3.05) is 4.72 Å². The fourth-order valence-corrected chi connectivity index (χ4v) is 7.76. The van der Waals surface area contributed by atoms with Crippen molar-refractivity contribution in [2.24, 2.45) is 0 Å². The predicted octanol–water partition coefficient (Wildman–Crippen LogP) is 7.44. The summed E-state index contributed by atoms with van der Waals surface area (Å²) in [6, 6.07) is 24.5. The first-order chi connectivity index (χ1) is 19.8. The summed E-state index contributed by atoms with van der Waals surface area (Å²) in [5.74, 6) is 0.311. The molecule has 2 aliphatic carbocycles. The van der Waals surface area contributed by atoms with E-state index < -0.39 is 27.1 Å². The van der Waals surface area contributed by atoms with Crippen molar-refractivity contribution in [1.82, 2.24) is 0 Å². The molecule has 0 bridgehead atoms. The van der Waals surface area contributed by atoms with E-state index >= 15 is 0 Å². The van der Waals surface area contributed by atoms with Gasteiger partial charge < -0.3 is 9.52 Å². The van der Waals surface area contributed by atoms with Gasteiger partial charge in [0.1, 0.15) is 5.76 Å². The number of benzene rings is 3. The predicted molar refractivity (Wildman–Crippen MR) is 161 cm³/mol. The average Bonchev–Trinajstić information content (AvgIpc) is 3.70. The third kappa shape index (κ3) is 5.43. The average molecular weight is 570 g/mol. The minimum absolute atomic E-state index is 0.0780. The van der Waals surface area contributed by atoms with Gasteiger partial charge in [0.15, 0.2) is 11.4 Å². The van der Waals surface area contributed by atoms with Crippen LogP contribution in [0.15, 0.2) is 93.0 Å². The zero-order valence-corrected chi connectivity index (χ0v) is 24.0. The van der Waals surface area contributed by atoms with Crippen LogP contribution in [-0.4, -0.2) is 13.5 Å². The maximum absolute atomic E-state index is 13.9. The number of aromatic hydroxyl groups is 1. The Hall–Kier alpha value is -3.84. The van der Waals surface area contributed by atoms with Gasteiger partial charge in [-0.15, -0.1) is 0 Å². The van der Waals surface area contributed by atoms with Crippen molar-refractivity contribution in [2.45, 2.75) is 74.5 Å². The van der Waals surface area contributed by atoms with E-state index in [1.807, 2.05) is 61.5 Å². The molecule has 212 valence electrons. The SMILES string of the molecule is Cc1ccc(S(=O)(=O)Nc2c(O)cc(C3(CCc4ccccc4)CCCC3)oc2=O)c(-c2ccccc2)c1C1CC1. The van der Waals surface area contributed by atoms with Crippen LogP contribution >= 0.6 is 0 Å². The van der Waals surface area contributed by atoms with Gasteiger partial charge >= 0.3 is 5.63 Å². The first-order valence-electron chi connectivity index (χ1n) is 14.4. The van der Waals surface area contributed by atoms with Crippen LogP contribution in [-0.2, 0) is 21.9 Å². The smallest absolute Gasteiger partial charge is 0.364 e. The van der Waals surface area contributed by atoms with E-state index in [1.54, 1.807) is 6.07 Å². The molecule has 7 heteroatoms. The third-order valence-corrected chi connectivity index (χ3v) is 10.1. The standard InChI is InChI=1S/C34H35NO5S/c1-23-14-17-28(31(30(23)26-15-16-26)25-12-6-3-7-13-25)41(38,39)35-32-27(36)22-29(40-33(32)37)34(19-8-9-20-34)21-18-24-10-4-2-5-11-24/h2-7,10-14,17,22,26,35-36H,8-9,15-16,18-21H2,1H3. The molecule has 0 atom stereocenters. The summed E-state index contributed by atoms with van der Waals surface area (Å²) in [6.07, 6.45) is 7.32. The molecule has 0 unspecified atom stereocenters. The Labute approximate surface area is 241 Å². The maximum atomic E-state index is 13.9. The molecule has 2 aliphatic rings. The summed E-state index contributed by atoms with van der Waals surface area (Å²) in [6.45, 7) is 2.00. The van der Waals surface area contributed by atoms with Crippen LogP contribution in [0.3, 0.4) is 0 Å². The second kappa shape index (κ2) is 10.9. The number of hydrogen-bond acceptors (Lipinski definition) is 5. The maximum Gasteiger partial charge on any atom is 0.364 e. The first kappa shape index (κ1) is 27.3. The number of rotatable bonds is 9. The number of nitrogens with one attached hydrogen (secondary N) is 1. The molecule has 4 aromatic rings. The summed E-state index contributed by atoms with van der Waals surface area (Å²) < 4.78 is 35.9. The van der Waals surface area contributed by atoms with E-state index in [9.17, 15) is 18.3 Å². The van der Waals surface area contributed by atoms with Crippen LogP contribution in [0, 0.1) is 6.92 Å². The molecule has 41 heavy (non-hydrogen) atoms. The van der Waals surface area contributed by atoms with Crippen LogP contribution in [0.2, 0.25) is 0 Å². The second-order valence-electron chi connectivity index (χ2n) is 11.5. The van der Waals surface area contributed by atoms with Gasteiger partial charge in [0.25, 0.3) is 10.0 Å². The third-order valence-electron chi connectivity index (χ3n) is 8.75. The molecule has 2 saturated carbocycles. The highest BCUT2D eigenvalue weighted by Crippen LogP contribution is 2.49. The molecule has 1 aromatic heterocycles. The Morgan fingerprint density at radius 3 is 2.24 bits per heavy atom. The molecule has 0 radical (unpaired) electrons. The Morgan fingerprint density at radius 1 is 0.951 bits per heavy atom. The van der Waals surface area contributed by atoms with Crippen molar-refractivity contribution in [3.8, 4) is 16.9 Å². The van der Waals surface area contributed by atoms with Crippen molar-refractivity contribution in [3.05, 3.63) is 112 Å². The monoisotopic (exact) mass is 569 g/mol. The lowest BCUT2D eigenvalue weighted by Crippen LogP contribution is -2.26. The molecule has 0 amide bonds. The van der Waals surface area contributed by atoms with Gasteiger partial charge in [-0.05, 0) is 79.7 Å². The number of anilines is 1. The van der Waals surface area contributed by atoms with Gasteiger partial charge in [0.2, 0.25) is 0 Å². The zero-order valence-electron chi connectivity index (χ0n) is 23.2. The van der Waals surface area contributed by atoms with Crippen LogP contribution in [0.1, 0.15) is 73.3 Å². The van der Waals surface area contributed by atoms with E-state index in [0.29, 0.717) is 17.2 Å². The molecular formula is C34H35NO5S. The number of hydrogen-bond donors (Lipinski definition) is 2. The van der Waals surface area contributed by atoms with Crippen molar-refractivity contribution in [3.63, 3.8) is 0 Å². The molecule has 2 fully saturated rings. The lowest BCUT2D eigenvalue weighted by Gasteiger charge is -2.28. The quantitative estimate of drug-likeness (QED) is 0.218. The fourth-order valence-electron chi connectivity index (χ4n) is 6.45. The normalized spacial score (nSPS) is 16.5. The molecule has 2 N–H and O–H groups in total. The Balaban J connectivity index is 1.36. The highest BCUT2D eigenvalue weighted by molar-refractivity contribution is 7.92. The molecule has 0 spiro atoms. The fraction of sp³-hybridized carbons (Fsp3) is 0.324. The molecule has 3 aromatic carbocycles. The molecule has 0 saturated heterocycles. The lowest BCUT2D eigenvalue weighted by molar-refractivity contribution is 0.298. The Morgan fingerprint density at radius 2 is 1.61 bits per heavy atom. The minimum Gasteiger partial charge on any atom is -0.505 e. The van der Waals surface area contributed by atoms with Gasteiger partial charge in [-0.25, -0.2) is 13.2 Å². The molecule has 1 heterocycles. The zero-order chi connectivity index (χ0) is 28.6. The molecule has 0 aliphatic heterocycles. The van der Waals surface area contributed by atoms with E-state index in [4.69, 9.17) is 4.42 Å². The first-order valence-corrected chi connectivity index (χ1v) is 15.9. The van der Waals surface area contributed by atoms with E-state index in [0.717, 1.165) is 68.1 Å². The van der Waals surface area contributed by atoms with E-state index in [-0.39, 0.29) is 10.3 Å². The van der Waals surface area contributed by atoms with Crippen molar-refractivity contribution < 1.29 is 17.9 Å². The van der Waals surface area contributed by atoms with Gasteiger partial charge in [0.05, 0.1) is 4.90 Å². The number of aryl methyl sites for hydroxylation is 2. The van der Waals surface area contributed by atoms with Gasteiger partial charge in [0, 0.05) is 17.0 Å². The summed E-state index contributed by atoms with van der Waals surface area (Å²) >= 11 is 0. The topological polar surface area (TPSA) is 96.6 Å². The van der Waals surface area contributed by atoms with E-state index in [2.05, 4.69) is 16.9 Å².